The number of nitrogens with one attached hydrogen (secondary N) is 1. The van der Waals surface area contributed by atoms with Crippen LogP contribution in [0, 0.1) is 0 Å². The number of aliphatic carboxylic acids is 1. The van der Waals surface area contributed by atoms with Gasteiger partial charge in [0.25, 0.3) is 0 Å². The number of aromatic hydroxyl groups is 1. The SMILES string of the molecule is COC1=C(C)C(=O)c2c(cc(OC)c(CSCC(NC(C)=O)C(=O)O)c2O)C1=O. The maximum absolute atomic E-state index is 12.7. The van der Waals surface area contributed by atoms with Crippen LogP contribution in [0.25, 0.3) is 0 Å². The van der Waals surface area contributed by atoms with Crippen molar-refractivity contribution in [3.63, 3.8) is 0 Å². The minimum Gasteiger partial charge on any atom is -0.507 e. The van der Waals surface area contributed by atoms with Gasteiger partial charge in [-0.05, 0) is 13.0 Å². The van der Waals surface area contributed by atoms with Crippen molar-refractivity contribution in [1.29, 1.82) is 0 Å². The smallest absolute Gasteiger partial charge is 0.327 e. The number of ether oxygens (including phenoxy) is 2. The van der Waals surface area contributed by atoms with Crippen LogP contribution in [0.1, 0.15) is 40.1 Å². The number of hydrogen-bond acceptors (Lipinski definition) is 8. The number of benzene rings is 1. The fourth-order valence-corrected chi connectivity index (χ4v) is 4.01. The highest BCUT2D eigenvalue weighted by atomic mass is 32.2. The maximum atomic E-state index is 12.7. The second kappa shape index (κ2) is 8.99. The van der Waals surface area contributed by atoms with Crippen LogP contribution in [-0.4, -0.2) is 59.7 Å². The van der Waals surface area contributed by atoms with Gasteiger partial charge in [-0.2, -0.15) is 11.8 Å². The van der Waals surface area contributed by atoms with E-state index in [-0.39, 0.29) is 45.3 Å². The molecule has 2 rings (SSSR count). The van der Waals surface area contributed by atoms with E-state index in [1.807, 2.05) is 0 Å². The fourth-order valence-electron chi connectivity index (χ4n) is 2.94. The quantitative estimate of drug-likeness (QED) is 0.568. The molecular formula is C19H21NO8S. The van der Waals surface area contributed by atoms with Crippen LogP contribution in [-0.2, 0) is 20.1 Å². The molecule has 0 fully saturated rings. The number of carbonyl (C=O) groups excluding carboxylic acids is 3. The molecule has 156 valence electrons. The van der Waals surface area contributed by atoms with E-state index in [1.165, 1.54) is 34.1 Å². The summed E-state index contributed by atoms with van der Waals surface area (Å²) in [4.78, 5) is 47.6. The number of ketones is 2. The van der Waals surface area contributed by atoms with E-state index in [4.69, 9.17) is 9.47 Å². The number of phenolic OH excluding ortho intramolecular Hbond substituents is 1. The zero-order valence-electron chi connectivity index (χ0n) is 16.3. The number of carbonyl (C=O) groups is 4. The van der Waals surface area contributed by atoms with Crippen LogP contribution < -0.4 is 10.1 Å². The lowest BCUT2D eigenvalue weighted by Crippen LogP contribution is -2.41. The van der Waals surface area contributed by atoms with Crippen molar-refractivity contribution < 1.29 is 38.9 Å². The van der Waals surface area contributed by atoms with E-state index in [0.717, 1.165) is 11.8 Å². The normalized spacial score (nSPS) is 14.3. The number of methoxy groups -OCH3 is 2. The molecule has 1 aromatic rings. The first-order valence-corrected chi connectivity index (χ1v) is 9.64. The molecule has 0 spiro atoms. The zero-order chi connectivity index (χ0) is 21.9. The van der Waals surface area contributed by atoms with Gasteiger partial charge in [0.2, 0.25) is 11.7 Å². The Morgan fingerprint density at radius 1 is 1.21 bits per heavy atom. The largest absolute Gasteiger partial charge is 0.507 e. The molecule has 9 nitrogen and oxygen atoms in total. The third-order valence-electron chi connectivity index (χ3n) is 4.35. The van der Waals surface area contributed by atoms with Gasteiger partial charge in [-0.3, -0.25) is 14.4 Å². The molecule has 0 aromatic heterocycles. The fraction of sp³-hybridized carbons (Fsp3) is 0.368. The molecule has 0 aliphatic heterocycles. The minimum atomic E-state index is -1.19. The third-order valence-corrected chi connectivity index (χ3v) is 5.42. The van der Waals surface area contributed by atoms with Crippen LogP contribution in [0.2, 0.25) is 0 Å². The van der Waals surface area contributed by atoms with E-state index in [9.17, 15) is 29.4 Å². The number of carboxylic acids is 1. The van der Waals surface area contributed by atoms with Gasteiger partial charge in [0.15, 0.2) is 11.5 Å². The molecule has 1 aliphatic carbocycles. The van der Waals surface area contributed by atoms with E-state index in [1.54, 1.807) is 0 Å². The summed E-state index contributed by atoms with van der Waals surface area (Å²) in [6.07, 6.45) is 0. The lowest BCUT2D eigenvalue weighted by molar-refractivity contribution is -0.140. The molecule has 0 radical (unpaired) electrons. The topological polar surface area (TPSA) is 139 Å². The zero-order valence-corrected chi connectivity index (χ0v) is 17.1. The van der Waals surface area contributed by atoms with Gasteiger partial charge in [0.1, 0.15) is 17.5 Å². The molecular weight excluding hydrogens is 402 g/mol. The van der Waals surface area contributed by atoms with Crippen molar-refractivity contribution in [2.45, 2.75) is 25.6 Å². The molecule has 0 saturated heterocycles. The maximum Gasteiger partial charge on any atom is 0.327 e. The molecule has 10 heteroatoms. The first kappa shape index (κ1) is 22.3. The molecule has 1 aliphatic rings. The first-order chi connectivity index (χ1) is 13.6. The van der Waals surface area contributed by atoms with Gasteiger partial charge in [-0.15, -0.1) is 0 Å². The highest BCUT2D eigenvalue weighted by Gasteiger charge is 2.35. The number of phenols is 1. The van der Waals surface area contributed by atoms with Crippen LogP contribution in [0.15, 0.2) is 17.4 Å². The lowest BCUT2D eigenvalue weighted by Gasteiger charge is -2.22. The van der Waals surface area contributed by atoms with Crippen LogP contribution in [0.3, 0.4) is 0 Å². The van der Waals surface area contributed by atoms with Crippen molar-refractivity contribution in [2.24, 2.45) is 0 Å². The Balaban J connectivity index is 2.37. The van der Waals surface area contributed by atoms with Crippen molar-refractivity contribution in [3.8, 4) is 11.5 Å². The summed E-state index contributed by atoms with van der Waals surface area (Å²) in [6.45, 7) is 2.65. The lowest BCUT2D eigenvalue weighted by atomic mass is 9.86. The van der Waals surface area contributed by atoms with Crippen LogP contribution in [0.4, 0.5) is 0 Å². The predicted molar refractivity (Wildman–Crippen MR) is 104 cm³/mol. The van der Waals surface area contributed by atoms with Gasteiger partial charge >= 0.3 is 5.97 Å². The van der Waals surface area contributed by atoms with E-state index >= 15 is 0 Å². The number of carboxylic acid groups (broad SMARTS) is 1. The summed E-state index contributed by atoms with van der Waals surface area (Å²) in [5, 5.41) is 22.2. The average molecular weight is 423 g/mol. The minimum absolute atomic E-state index is 0.0220. The molecule has 0 bridgehead atoms. The highest BCUT2D eigenvalue weighted by Crippen LogP contribution is 2.41. The third kappa shape index (κ3) is 4.37. The van der Waals surface area contributed by atoms with E-state index in [0.29, 0.717) is 0 Å². The number of Topliss-reactive ketones (excluding diaryl/α,β-unsaturated/α-hetero) is 2. The Morgan fingerprint density at radius 3 is 2.38 bits per heavy atom. The predicted octanol–water partition coefficient (Wildman–Crippen LogP) is 1.52. The number of allylic oxidation sites excluding steroid dienone is 2. The molecule has 1 unspecified atom stereocenters. The Labute approximate surface area is 171 Å². The number of rotatable bonds is 8. The summed E-state index contributed by atoms with van der Waals surface area (Å²) < 4.78 is 10.3. The monoisotopic (exact) mass is 423 g/mol. The number of fused-ring (bicyclic) bond motifs is 1. The summed E-state index contributed by atoms with van der Waals surface area (Å²) in [5.74, 6) is -2.95. The van der Waals surface area contributed by atoms with Crippen molar-refractivity contribution in [2.75, 3.05) is 20.0 Å². The average Bonchev–Trinajstić information content (AvgIpc) is 2.66. The highest BCUT2D eigenvalue weighted by molar-refractivity contribution is 7.98. The molecule has 29 heavy (non-hydrogen) atoms. The van der Waals surface area contributed by atoms with Gasteiger partial charge in [-0.25, -0.2) is 4.79 Å². The van der Waals surface area contributed by atoms with Crippen molar-refractivity contribution in [3.05, 3.63) is 34.1 Å². The second-order valence-electron chi connectivity index (χ2n) is 6.25. The number of amides is 1. The van der Waals surface area contributed by atoms with E-state index < -0.39 is 35.2 Å². The molecule has 0 saturated carbocycles. The van der Waals surface area contributed by atoms with Crippen LogP contribution in [0.5, 0.6) is 11.5 Å². The molecule has 1 amide bonds. The second-order valence-corrected chi connectivity index (χ2v) is 7.28. The summed E-state index contributed by atoms with van der Waals surface area (Å²) >= 11 is 1.12. The van der Waals surface area contributed by atoms with Crippen molar-refractivity contribution in [1.82, 2.24) is 5.32 Å². The van der Waals surface area contributed by atoms with Crippen molar-refractivity contribution >= 4 is 35.2 Å². The summed E-state index contributed by atoms with van der Waals surface area (Å²) in [7, 11) is 2.63. The Bertz CT molecular complexity index is 921. The van der Waals surface area contributed by atoms with E-state index in [2.05, 4.69) is 5.32 Å². The summed E-state index contributed by atoms with van der Waals surface area (Å²) in [6, 6.07) is 0.250. The van der Waals surface area contributed by atoms with Gasteiger partial charge in [0, 0.05) is 35.1 Å². The summed E-state index contributed by atoms with van der Waals surface area (Å²) in [5.41, 5.74) is 0.169. The van der Waals surface area contributed by atoms with Gasteiger partial charge < -0.3 is 25.0 Å². The first-order valence-electron chi connectivity index (χ1n) is 8.48. The van der Waals surface area contributed by atoms with Crippen LogP contribution >= 0.6 is 11.8 Å². The Hall–Kier alpha value is -3.01. The standard InChI is InChI=1S/C19H21NO8S/c1-8-15(22)14-10(17(24)18(8)28-4)5-13(27-3)11(16(14)23)6-29-7-12(19(25)26)20-9(2)21/h5,12,23H,6-7H2,1-4H3,(H,20,21)(H,25,26). The molecule has 1 aromatic carbocycles. The number of hydrogen-bond donors (Lipinski definition) is 3. The number of thioether (sulfide) groups is 1. The molecule has 1 atom stereocenters. The molecule has 3 N–H and O–H groups in total. The van der Waals surface area contributed by atoms with Gasteiger partial charge in [0.05, 0.1) is 19.8 Å². The van der Waals surface area contributed by atoms with Gasteiger partial charge in [-0.1, -0.05) is 0 Å². The molecule has 0 heterocycles. The Morgan fingerprint density at radius 2 is 1.86 bits per heavy atom. The Kier molecular flexibility index (Phi) is 6.91.